The van der Waals surface area contributed by atoms with E-state index in [0.717, 1.165) is 13.2 Å². The van der Waals surface area contributed by atoms with Crippen LogP contribution in [0.2, 0.25) is 0 Å². The zero-order valence-corrected chi connectivity index (χ0v) is 7.57. The van der Waals surface area contributed by atoms with Crippen LogP contribution in [-0.2, 0) is 13.9 Å². The molecule has 1 fully saturated rings. The Morgan fingerprint density at radius 1 is 1.25 bits per heavy atom. The van der Waals surface area contributed by atoms with E-state index >= 15 is 0 Å². The molecule has 1 heterocycles. The second-order valence-electron chi connectivity index (χ2n) is 2.27. The summed E-state index contributed by atoms with van der Waals surface area (Å²) in [6.45, 7) is 2.00. The van der Waals surface area contributed by atoms with E-state index in [-0.39, 0.29) is 0 Å². The van der Waals surface area contributed by atoms with Crippen molar-refractivity contribution in [1.82, 2.24) is 0 Å². The molecule has 4 N–H and O–H groups in total. The first-order valence-corrected chi connectivity index (χ1v) is 5.11. The van der Waals surface area contributed by atoms with Crippen LogP contribution in [-0.4, -0.2) is 23.0 Å². The number of hydrogen-bond donors (Lipinski definition) is 3. The summed E-state index contributed by atoms with van der Waals surface area (Å²) in [5.74, 6) is 4.04. The minimum atomic E-state index is -4.37. The van der Waals surface area contributed by atoms with Crippen LogP contribution in [0.4, 0.5) is 0 Å². The zero-order valence-electron chi connectivity index (χ0n) is 6.68. The van der Waals surface area contributed by atoms with E-state index in [1.54, 1.807) is 0 Å². The van der Waals surface area contributed by atoms with Crippen LogP contribution in [0.3, 0.4) is 0 Å². The summed E-state index contributed by atoms with van der Waals surface area (Å²) in [4.78, 5) is 15.2. The lowest BCUT2D eigenvalue weighted by Crippen LogP contribution is -2.03. The number of rotatable bonds is 1. The number of hydrogen-bond acceptors (Lipinski definition) is 4. The van der Waals surface area contributed by atoms with Crippen LogP contribution in [0.5, 0.6) is 0 Å². The molecule has 1 aliphatic rings. The van der Waals surface area contributed by atoms with Gasteiger partial charge in [-0.3, -0.25) is 0 Å². The molecule has 12 heavy (non-hydrogen) atoms. The van der Waals surface area contributed by atoms with Gasteiger partial charge in [0, 0.05) is 13.2 Å². The maximum absolute atomic E-state index is 9.35. The van der Waals surface area contributed by atoms with Gasteiger partial charge < -0.3 is 14.5 Å². The van der Waals surface area contributed by atoms with Crippen molar-refractivity contribution in [3.05, 3.63) is 0 Å². The topological polar surface area (TPSA) is 102 Å². The van der Waals surface area contributed by atoms with Gasteiger partial charge in [-0.05, 0) is 19.3 Å². The van der Waals surface area contributed by atoms with Gasteiger partial charge in [0.05, 0.1) is 0 Å². The fourth-order valence-corrected chi connectivity index (χ4v) is 0.687. The molecule has 0 atom stereocenters. The van der Waals surface area contributed by atoms with E-state index in [1.165, 1.54) is 19.3 Å². The minimum Gasteiger partial charge on any atom is -0.381 e. The average molecular weight is 199 g/mol. The van der Waals surface area contributed by atoms with E-state index in [1.807, 2.05) is 0 Å². The number of phosphoric acid groups is 1. The number of nitrogens with two attached hydrogens (primary N) is 1. The molecule has 0 saturated carbocycles. The molecule has 7 heteroatoms. The molecule has 0 radical (unpaired) electrons. The van der Waals surface area contributed by atoms with Crippen LogP contribution in [0, 0.1) is 0 Å². The monoisotopic (exact) mass is 199 g/mol. The summed E-state index contributed by atoms with van der Waals surface area (Å²) < 4.78 is 17.5. The molecule has 1 rings (SSSR count). The Labute approximate surface area is 70.9 Å². The summed E-state index contributed by atoms with van der Waals surface area (Å²) in [7, 11) is -4.37. The molecule has 0 aromatic carbocycles. The first-order chi connectivity index (χ1) is 5.56. The SMILES string of the molecule is C1CCOCC1.NOP(=O)(O)O. The predicted molar refractivity (Wildman–Crippen MR) is 42.0 cm³/mol. The fraction of sp³-hybridized carbons (Fsp3) is 1.00. The molecule has 0 aromatic rings. The van der Waals surface area contributed by atoms with Crippen LogP contribution >= 0.6 is 7.82 Å². The van der Waals surface area contributed by atoms with Crippen LogP contribution < -0.4 is 5.90 Å². The van der Waals surface area contributed by atoms with E-state index in [9.17, 15) is 4.57 Å². The van der Waals surface area contributed by atoms with Crippen LogP contribution in [0.15, 0.2) is 0 Å². The van der Waals surface area contributed by atoms with Crippen molar-refractivity contribution >= 4 is 7.82 Å². The van der Waals surface area contributed by atoms with Gasteiger partial charge in [-0.25, -0.2) is 15.1 Å². The highest BCUT2D eigenvalue weighted by atomic mass is 31.2. The van der Waals surface area contributed by atoms with Gasteiger partial charge in [0.1, 0.15) is 0 Å². The van der Waals surface area contributed by atoms with E-state index < -0.39 is 7.82 Å². The lowest BCUT2D eigenvalue weighted by molar-refractivity contribution is 0.0968. The molecule has 0 bridgehead atoms. The van der Waals surface area contributed by atoms with Crippen molar-refractivity contribution in [1.29, 1.82) is 0 Å². The Morgan fingerprint density at radius 3 is 1.75 bits per heavy atom. The number of ether oxygens (including phenoxy) is 1. The molecule has 0 spiro atoms. The van der Waals surface area contributed by atoms with Gasteiger partial charge in [0.25, 0.3) is 0 Å². The predicted octanol–water partition coefficient (Wildman–Crippen LogP) is 0.156. The first kappa shape index (κ1) is 12.0. The highest BCUT2D eigenvalue weighted by Crippen LogP contribution is 2.32. The Kier molecular flexibility index (Phi) is 6.55. The summed E-state index contributed by atoms with van der Waals surface area (Å²) in [6.07, 6.45) is 3.93. The van der Waals surface area contributed by atoms with Crippen molar-refractivity contribution < 1.29 is 23.7 Å². The van der Waals surface area contributed by atoms with Gasteiger partial charge in [0.2, 0.25) is 0 Å². The molecular weight excluding hydrogens is 185 g/mol. The highest BCUT2D eigenvalue weighted by Gasteiger charge is 2.08. The van der Waals surface area contributed by atoms with Crippen LogP contribution in [0.1, 0.15) is 19.3 Å². The third kappa shape index (κ3) is 10.0. The highest BCUT2D eigenvalue weighted by molar-refractivity contribution is 7.46. The van der Waals surface area contributed by atoms with Crippen molar-refractivity contribution in [3.63, 3.8) is 0 Å². The first-order valence-electron chi connectivity index (χ1n) is 3.58. The quantitative estimate of drug-likeness (QED) is 0.410. The minimum absolute atomic E-state index is 1.00. The van der Waals surface area contributed by atoms with E-state index in [4.69, 9.17) is 14.5 Å². The molecule has 6 nitrogen and oxygen atoms in total. The molecular formula is C5H14NO5P. The maximum atomic E-state index is 9.35. The second-order valence-corrected chi connectivity index (χ2v) is 3.46. The standard InChI is InChI=1S/C5H10O.H4NO4P/c1-2-4-6-5-3-1;1-5-6(2,3)4/h1-5H2;1H2,(H2,2,3,4). The molecule has 0 amide bonds. The van der Waals surface area contributed by atoms with Crippen molar-refractivity contribution in [3.8, 4) is 0 Å². The smallest absolute Gasteiger partial charge is 0.381 e. The lowest BCUT2D eigenvalue weighted by atomic mass is 10.2. The fourth-order valence-electron chi connectivity index (χ4n) is 0.687. The third-order valence-electron chi connectivity index (χ3n) is 1.21. The second kappa shape index (κ2) is 6.54. The maximum Gasteiger partial charge on any atom is 0.485 e. The van der Waals surface area contributed by atoms with Crippen molar-refractivity contribution in [2.45, 2.75) is 19.3 Å². The average Bonchev–Trinajstić information content (AvgIpc) is 2.07. The van der Waals surface area contributed by atoms with Crippen LogP contribution in [0.25, 0.3) is 0 Å². The van der Waals surface area contributed by atoms with Crippen molar-refractivity contribution in [2.75, 3.05) is 13.2 Å². The molecule has 1 saturated heterocycles. The normalized spacial score (nSPS) is 17.9. The zero-order chi connectivity index (χ0) is 9.45. The summed E-state index contributed by atoms with van der Waals surface area (Å²) >= 11 is 0. The van der Waals surface area contributed by atoms with Gasteiger partial charge in [-0.2, -0.15) is 0 Å². The molecule has 1 aliphatic heterocycles. The Bertz CT molecular complexity index is 131. The van der Waals surface area contributed by atoms with Gasteiger partial charge in [0.15, 0.2) is 0 Å². The van der Waals surface area contributed by atoms with Gasteiger partial charge in [-0.15, -0.1) is 0 Å². The molecule has 0 aromatic heterocycles. The summed E-state index contributed by atoms with van der Waals surface area (Å²) in [5, 5.41) is 0. The van der Waals surface area contributed by atoms with Crippen molar-refractivity contribution in [2.24, 2.45) is 5.90 Å². The van der Waals surface area contributed by atoms with E-state index in [0.29, 0.717) is 0 Å². The van der Waals surface area contributed by atoms with Gasteiger partial charge >= 0.3 is 7.82 Å². The Morgan fingerprint density at radius 2 is 1.67 bits per heavy atom. The van der Waals surface area contributed by atoms with Gasteiger partial charge in [-0.1, -0.05) is 0 Å². The Hall–Kier alpha value is 0.0300. The summed E-state index contributed by atoms with van der Waals surface area (Å²) in [6, 6.07) is 0. The largest absolute Gasteiger partial charge is 0.485 e. The third-order valence-corrected chi connectivity index (χ3v) is 1.49. The Balaban J connectivity index is 0.000000202. The lowest BCUT2D eigenvalue weighted by Gasteiger charge is -2.08. The molecule has 0 unspecified atom stereocenters. The molecule has 74 valence electrons. The van der Waals surface area contributed by atoms with E-state index in [2.05, 4.69) is 10.5 Å². The molecule has 0 aliphatic carbocycles. The summed E-state index contributed by atoms with van der Waals surface area (Å²) in [5.41, 5.74) is 0.